The monoisotopic (exact) mass is 510 g/mol. The number of alkyl carbamates (subject to hydrolysis) is 1. The highest BCUT2D eigenvalue weighted by Gasteiger charge is 2.40. The number of imidazole rings is 1. The van der Waals surface area contributed by atoms with Crippen molar-refractivity contribution in [3.05, 3.63) is 29.7 Å². The Morgan fingerprint density at radius 1 is 1.31 bits per heavy atom. The van der Waals surface area contributed by atoms with Crippen LogP contribution in [0.4, 0.5) is 22.8 Å². The van der Waals surface area contributed by atoms with Gasteiger partial charge in [0, 0.05) is 19.4 Å². The number of rotatable bonds is 5. The van der Waals surface area contributed by atoms with Crippen LogP contribution in [0, 0.1) is 5.92 Å². The Morgan fingerprint density at radius 3 is 2.67 bits per heavy atom. The lowest BCUT2D eigenvalue weighted by Crippen LogP contribution is -2.57. The first-order chi connectivity index (χ1) is 16.7. The number of amides is 3. The van der Waals surface area contributed by atoms with Gasteiger partial charge in [0.25, 0.3) is 0 Å². The highest BCUT2D eigenvalue weighted by molar-refractivity contribution is 5.75. The molecule has 2 atom stereocenters. The van der Waals surface area contributed by atoms with Crippen molar-refractivity contribution in [3.8, 4) is 0 Å². The summed E-state index contributed by atoms with van der Waals surface area (Å²) in [4.78, 5) is 30.7. The largest absolute Gasteiger partial charge is 0.444 e. The molecule has 0 spiro atoms. The topological polar surface area (TPSA) is 101 Å². The second kappa shape index (κ2) is 9.44. The van der Waals surface area contributed by atoms with Crippen molar-refractivity contribution in [2.75, 3.05) is 13.1 Å². The molecule has 2 aliphatic rings. The van der Waals surface area contributed by atoms with Crippen LogP contribution in [-0.2, 0) is 11.3 Å². The molecule has 2 N–H and O–H groups in total. The number of ether oxygens (including phenoxy) is 1. The quantitative estimate of drug-likeness (QED) is 0.622. The molecule has 36 heavy (non-hydrogen) atoms. The fourth-order valence-corrected chi connectivity index (χ4v) is 4.68. The van der Waals surface area contributed by atoms with Crippen molar-refractivity contribution in [1.82, 2.24) is 30.1 Å². The Bertz CT molecular complexity index is 1120. The molecule has 3 amide bonds. The Labute approximate surface area is 207 Å². The van der Waals surface area contributed by atoms with E-state index in [0.29, 0.717) is 16.9 Å². The molecular weight excluding hydrogens is 477 g/mol. The third-order valence-corrected chi connectivity index (χ3v) is 6.41. The van der Waals surface area contributed by atoms with Gasteiger partial charge in [-0.05, 0) is 58.1 Å². The summed E-state index contributed by atoms with van der Waals surface area (Å²) >= 11 is 0. The molecule has 198 valence electrons. The predicted octanol–water partition coefficient (Wildman–Crippen LogP) is 4.37. The summed E-state index contributed by atoms with van der Waals surface area (Å²) in [6, 6.07) is 0.735. The van der Waals surface area contributed by atoms with E-state index in [-0.39, 0.29) is 57.3 Å². The Hall–Kier alpha value is -3.05. The van der Waals surface area contributed by atoms with E-state index >= 15 is 0 Å². The fourth-order valence-electron chi connectivity index (χ4n) is 4.68. The van der Waals surface area contributed by atoms with Crippen LogP contribution in [0.3, 0.4) is 0 Å². The van der Waals surface area contributed by atoms with Crippen molar-refractivity contribution >= 4 is 17.8 Å². The molecule has 2 fully saturated rings. The van der Waals surface area contributed by atoms with Gasteiger partial charge >= 0.3 is 12.1 Å². The molecular formula is C24H33F3N6O3. The van der Waals surface area contributed by atoms with Crippen LogP contribution in [0.1, 0.15) is 70.7 Å². The minimum absolute atomic E-state index is 0.0393. The maximum Gasteiger partial charge on any atom is 0.408 e. The molecule has 0 bridgehead atoms. The van der Waals surface area contributed by atoms with Crippen molar-refractivity contribution in [2.24, 2.45) is 5.92 Å². The fraction of sp³-hybridized carbons (Fsp3) is 0.667. The van der Waals surface area contributed by atoms with E-state index in [1.165, 1.54) is 16.3 Å². The van der Waals surface area contributed by atoms with E-state index in [0.717, 1.165) is 0 Å². The van der Waals surface area contributed by atoms with Gasteiger partial charge < -0.3 is 20.3 Å². The number of halogens is 3. The van der Waals surface area contributed by atoms with Crippen molar-refractivity contribution in [3.63, 3.8) is 0 Å². The highest BCUT2D eigenvalue weighted by atomic mass is 19.3. The minimum Gasteiger partial charge on any atom is -0.444 e. The summed E-state index contributed by atoms with van der Waals surface area (Å²) in [6.45, 7) is 6.73. The van der Waals surface area contributed by atoms with Crippen LogP contribution in [0.5, 0.6) is 0 Å². The Balaban J connectivity index is 1.57. The lowest BCUT2D eigenvalue weighted by atomic mass is 9.81. The summed E-state index contributed by atoms with van der Waals surface area (Å²) in [5.74, 6) is -2.96. The van der Waals surface area contributed by atoms with E-state index in [4.69, 9.17) is 4.74 Å². The maximum absolute atomic E-state index is 14.4. The molecule has 4 rings (SSSR count). The summed E-state index contributed by atoms with van der Waals surface area (Å²) < 4.78 is 48.9. The zero-order valence-corrected chi connectivity index (χ0v) is 21.0. The number of hydrogen-bond acceptors (Lipinski definition) is 5. The van der Waals surface area contributed by atoms with Gasteiger partial charge in [0.2, 0.25) is 5.92 Å². The number of aromatic nitrogens is 3. The number of fused-ring (bicyclic) bond motifs is 1. The first-order valence-corrected chi connectivity index (χ1v) is 12.1. The van der Waals surface area contributed by atoms with Crippen LogP contribution in [0.15, 0.2) is 18.5 Å². The van der Waals surface area contributed by atoms with Gasteiger partial charge in [0.15, 0.2) is 5.65 Å². The molecule has 0 aromatic carbocycles. The summed E-state index contributed by atoms with van der Waals surface area (Å²) in [5.41, 5.74) is -0.669. The maximum atomic E-state index is 14.4. The second-order valence-corrected chi connectivity index (χ2v) is 11.1. The van der Waals surface area contributed by atoms with E-state index in [1.807, 2.05) is 0 Å². The van der Waals surface area contributed by atoms with Gasteiger partial charge in [-0.1, -0.05) is 0 Å². The number of carbonyl (C=O) groups excluding carboxylic acids is 2. The number of alkyl halides is 3. The number of urea groups is 1. The third-order valence-electron chi connectivity index (χ3n) is 6.41. The lowest BCUT2D eigenvalue weighted by molar-refractivity contribution is -0.0500. The molecule has 1 aliphatic carbocycles. The molecule has 0 radical (unpaired) electrons. The molecule has 2 aromatic heterocycles. The highest BCUT2D eigenvalue weighted by Crippen LogP contribution is 2.41. The second-order valence-electron chi connectivity index (χ2n) is 11.1. The minimum atomic E-state index is -2.71. The van der Waals surface area contributed by atoms with E-state index in [1.54, 1.807) is 39.2 Å². The average molecular weight is 511 g/mol. The molecule has 3 heterocycles. The summed E-state index contributed by atoms with van der Waals surface area (Å²) in [6.07, 6.45) is 2.50. The number of carbonyl (C=O) groups is 2. The molecule has 12 heteroatoms. The van der Waals surface area contributed by atoms with Gasteiger partial charge in [-0.25, -0.2) is 32.3 Å². The first kappa shape index (κ1) is 26.0. The smallest absolute Gasteiger partial charge is 0.408 e. The molecule has 1 saturated heterocycles. The number of nitrogens with zero attached hydrogens (tertiary/aromatic N) is 4. The first-order valence-electron chi connectivity index (χ1n) is 12.1. The Kier molecular flexibility index (Phi) is 6.82. The van der Waals surface area contributed by atoms with Gasteiger partial charge in [0.05, 0.1) is 37.2 Å². The van der Waals surface area contributed by atoms with E-state index in [9.17, 15) is 22.8 Å². The summed E-state index contributed by atoms with van der Waals surface area (Å²) in [7, 11) is 0. The van der Waals surface area contributed by atoms with Gasteiger partial charge in [-0.15, -0.1) is 0 Å². The van der Waals surface area contributed by atoms with Crippen LogP contribution in [-0.4, -0.2) is 61.9 Å². The van der Waals surface area contributed by atoms with Crippen LogP contribution < -0.4 is 10.6 Å². The van der Waals surface area contributed by atoms with Gasteiger partial charge in [-0.3, -0.25) is 0 Å². The summed E-state index contributed by atoms with van der Waals surface area (Å²) in [5, 5.41) is 9.73. The molecule has 9 nitrogen and oxygen atoms in total. The van der Waals surface area contributed by atoms with Crippen LogP contribution in [0.25, 0.3) is 5.65 Å². The van der Waals surface area contributed by atoms with Crippen molar-refractivity contribution in [1.29, 1.82) is 0 Å². The van der Waals surface area contributed by atoms with Crippen molar-refractivity contribution in [2.45, 2.75) is 83.2 Å². The van der Waals surface area contributed by atoms with Crippen LogP contribution in [0.2, 0.25) is 0 Å². The van der Waals surface area contributed by atoms with Crippen LogP contribution >= 0.6 is 0 Å². The zero-order chi connectivity index (χ0) is 26.3. The number of nitrogens with one attached hydrogen (secondary N) is 2. The van der Waals surface area contributed by atoms with E-state index < -0.39 is 29.3 Å². The molecule has 1 unspecified atom stereocenters. The standard InChI is InChI=1S/C24H33F3N6O3/c1-22(2,3)36-21(35)31-19(16-5-7-24(26,27)8-6-16)17-12-33-18(30-17)9-15(10-29-33)11-32-14-23(4,25)13-28-20(32)34/h9-10,12,16,19H,5-8,11,13-14H2,1-4H3,(H,28,34)(H,31,35)/t19-,23?/m0/s1. The normalized spacial score (nSPS) is 23.9. The Morgan fingerprint density at radius 2 is 2.00 bits per heavy atom. The molecule has 2 aromatic rings. The molecule has 1 saturated carbocycles. The SMILES string of the molecule is CC1(F)CNC(=O)N(Cc2cnn3cc([C@@H](NC(=O)OC(C)(C)C)C4CCC(F)(F)CC4)nc3c2)C1. The van der Waals surface area contributed by atoms with Crippen molar-refractivity contribution < 1.29 is 27.5 Å². The van der Waals surface area contributed by atoms with Gasteiger partial charge in [0.1, 0.15) is 11.3 Å². The van der Waals surface area contributed by atoms with E-state index in [2.05, 4.69) is 20.7 Å². The lowest BCUT2D eigenvalue weighted by Gasteiger charge is -2.35. The zero-order valence-electron chi connectivity index (χ0n) is 21.0. The number of hydrogen-bond donors (Lipinski definition) is 2. The predicted molar refractivity (Wildman–Crippen MR) is 125 cm³/mol. The third kappa shape index (κ3) is 6.38. The molecule has 1 aliphatic heterocycles. The van der Waals surface area contributed by atoms with Gasteiger partial charge in [-0.2, -0.15) is 5.10 Å². The average Bonchev–Trinajstić information content (AvgIpc) is 3.17.